The first kappa shape index (κ1) is 14.3. The molecule has 0 N–H and O–H groups in total. The first-order valence-electron chi connectivity index (χ1n) is 6.72. The summed E-state index contributed by atoms with van der Waals surface area (Å²) in [5.74, 6) is 0.817. The number of aromatic nitrogens is 3. The van der Waals surface area contributed by atoms with Crippen LogP contribution in [0.15, 0.2) is 18.5 Å². The van der Waals surface area contributed by atoms with Crippen molar-refractivity contribution in [3.8, 4) is 0 Å². The lowest BCUT2D eigenvalue weighted by molar-refractivity contribution is -0.138. The molecule has 2 rings (SSSR count). The van der Waals surface area contributed by atoms with E-state index in [2.05, 4.69) is 23.9 Å². The number of ether oxygens (including phenoxy) is 1. The minimum absolute atomic E-state index is 0.182. The minimum atomic E-state index is -0.278. The number of methoxy groups -OCH3 is 1. The molecule has 2 aromatic rings. The molecule has 0 atom stereocenters. The number of rotatable bonds is 5. The highest BCUT2D eigenvalue weighted by atomic mass is 16.5. The molecule has 2 aromatic heterocycles. The van der Waals surface area contributed by atoms with Crippen molar-refractivity contribution >= 4 is 17.3 Å². The van der Waals surface area contributed by atoms with Gasteiger partial charge in [0, 0.05) is 18.9 Å². The van der Waals surface area contributed by atoms with E-state index in [0.29, 0.717) is 12.5 Å². The van der Waals surface area contributed by atoms with Crippen molar-refractivity contribution in [2.75, 3.05) is 25.1 Å². The second kappa shape index (κ2) is 5.90. The van der Waals surface area contributed by atoms with Crippen LogP contribution >= 0.6 is 0 Å². The van der Waals surface area contributed by atoms with Crippen LogP contribution in [-0.2, 0) is 9.53 Å². The molecule has 0 spiro atoms. The monoisotopic (exact) mass is 276 g/mol. The lowest BCUT2D eigenvalue weighted by Crippen LogP contribution is -2.31. The second-order valence-corrected chi connectivity index (χ2v) is 4.89. The lowest BCUT2D eigenvalue weighted by atomic mass is 10.1. The molecule has 0 saturated heterocycles. The van der Waals surface area contributed by atoms with Gasteiger partial charge in [0.25, 0.3) is 0 Å². The Hall–Kier alpha value is -2.11. The van der Waals surface area contributed by atoms with Crippen LogP contribution in [0, 0.1) is 0 Å². The number of anilines is 1. The van der Waals surface area contributed by atoms with Gasteiger partial charge in [0.1, 0.15) is 12.1 Å². The fourth-order valence-corrected chi connectivity index (χ4v) is 2.01. The maximum atomic E-state index is 11.5. The zero-order chi connectivity index (χ0) is 14.7. The Morgan fingerprint density at radius 3 is 2.85 bits per heavy atom. The molecule has 0 aliphatic heterocycles. The molecule has 6 heteroatoms. The summed E-state index contributed by atoms with van der Waals surface area (Å²) in [6.07, 6.45) is 3.51. The fourth-order valence-electron chi connectivity index (χ4n) is 2.01. The Bertz CT molecular complexity index is 606. The second-order valence-electron chi connectivity index (χ2n) is 4.89. The van der Waals surface area contributed by atoms with Crippen LogP contribution in [0.4, 0.5) is 5.82 Å². The summed E-state index contributed by atoms with van der Waals surface area (Å²) in [4.78, 5) is 17.8. The van der Waals surface area contributed by atoms with Gasteiger partial charge in [-0.15, -0.1) is 0 Å². The predicted octanol–water partition coefficient (Wildman–Crippen LogP) is 1.85. The summed E-state index contributed by atoms with van der Waals surface area (Å²) < 4.78 is 6.53. The zero-order valence-corrected chi connectivity index (χ0v) is 12.3. The molecule has 0 aliphatic rings. The maximum Gasteiger partial charge on any atom is 0.325 e. The summed E-state index contributed by atoms with van der Waals surface area (Å²) in [6.45, 7) is 7.03. The highest BCUT2D eigenvalue weighted by Crippen LogP contribution is 2.22. The third-order valence-corrected chi connectivity index (χ3v) is 3.21. The summed E-state index contributed by atoms with van der Waals surface area (Å²) >= 11 is 0. The number of hydrogen-bond acceptors (Lipinski definition) is 5. The maximum absolute atomic E-state index is 11.5. The van der Waals surface area contributed by atoms with E-state index < -0.39 is 0 Å². The van der Waals surface area contributed by atoms with Crippen molar-refractivity contribution in [1.82, 2.24) is 14.6 Å². The molecular formula is C14H20N4O2. The molecule has 0 unspecified atom stereocenters. The summed E-state index contributed by atoms with van der Waals surface area (Å²) in [5, 5.41) is 4.52. The third kappa shape index (κ3) is 2.74. The average molecular weight is 276 g/mol. The van der Waals surface area contributed by atoms with E-state index in [1.54, 1.807) is 10.7 Å². The molecule has 2 heterocycles. The van der Waals surface area contributed by atoms with Gasteiger partial charge in [-0.2, -0.15) is 5.10 Å². The minimum Gasteiger partial charge on any atom is -0.468 e. The van der Waals surface area contributed by atoms with Crippen LogP contribution in [0.1, 0.15) is 32.4 Å². The molecule has 0 aromatic carbocycles. The Morgan fingerprint density at radius 1 is 1.50 bits per heavy atom. The third-order valence-electron chi connectivity index (χ3n) is 3.21. The molecular weight excluding hydrogens is 256 g/mol. The van der Waals surface area contributed by atoms with Gasteiger partial charge in [0.05, 0.1) is 12.8 Å². The van der Waals surface area contributed by atoms with E-state index in [0.717, 1.165) is 17.0 Å². The van der Waals surface area contributed by atoms with Crippen molar-refractivity contribution in [2.45, 2.75) is 26.7 Å². The van der Waals surface area contributed by atoms with E-state index in [1.165, 1.54) is 7.11 Å². The van der Waals surface area contributed by atoms with Crippen LogP contribution in [0.3, 0.4) is 0 Å². The van der Waals surface area contributed by atoms with Crippen LogP contribution in [0.25, 0.3) is 5.52 Å². The van der Waals surface area contributed by atoms with Crippen LogP contribution in [0.5, 0.6) is 0 Å². The smallest absolute Gasteiger partial charge is 0.325 e. The van der Waals surface area contributed by atoms with E-state index in [4.69, 9.17) is 4.74 Å². The van der Waals surface area contributed by atoms with Gasteiger partial charge in [0.2, 0.25) is 0 Å². The first-order chi connectivity index (χ1) is 9.56. The van der Waals surface area contributed by atoms with E-state index in [1.807, 2.05) is 24.1 Å². The van der Waals surface area contributed by atoms with Crippen molar-refractivity contribution in [3.63, 3.8) is 0 Å². The van der Waals surface area contributed by atoms with Crippen LogP contribution < -0.4 is 4.90 Å². The summed E-state index contributed by atoms with van der Waals surface area (Å²) in [5.41, 5.74) is 1.91. The van der Waals surface area contributed by atoms with Gasteiger partial charge >= 0.3 is 5.97 Å². The SMILES string of the molecule is CCN(CC(=O)OC)c1nccn2nc(C(C)C)cc12. The van der Waals surface area contributed by atoms with Gasteiger partial charge in [-0.25, -0.2) is 9.50 Å². The Kier molecular flexibility index (Phi) is 4.22. The van der Waals surface area contributed by atoms with Gasteiger partial charge in [-0.05, 0) is 18.9 Å². The standard InChI is InChI=1S/C14H20N4O2/c1-5-17(9-13(19)20-4)14-12-8-11(10(2)3)16-18(12)7-6-15-14/h6-8,10H,5,9H2,1-4H3. The molecule has 0 fully saturated rings. The molecule has 0 amide bonds. The number of esters is 1. The topological polar surface area (TPSA) is 59.7 Å². The first-order valence-corrected chi connectivity index (χ1v) is 6.72. The molecule has 108 valence electrons. The fraction of sp³-hybridized carbons (Fsp3) is 0.500. The van der Waals surface area contributed by atoms with Crippen molar-refractivity contribution < 1.29 is 9.53 Å². The zero-order valence-electron chi connectivity index (χ0n) is 12.3. The largest absolute Gasteiger partial charge is 0.468 e. The van der Waals surface area contributed by atoms with E-state index in [-0.39, 0.29) is 12.5 Å². The highest BCUT2D eigenvalue weighted by molar-refractivity contribution is 5.78. The summed E-state index contributed by atoms with van der Waals surface area (Å²) in [7, 11) is 1.39. The highest BCUT2D eigenvalue weighted by Gasteiger charge is 2.16. The lowest BCUT2D eigenvalue weighted by Gasteiger charge is -2.20. The molecule has 0 saturated carbocycles. The number of carbonyl (C=O) groups excluding carboxylic acids is 1. The Morgan fingerprint density at radius 2 is 2.25 bits per heavy atom. The van der Waals surface area contributed by atoms with E-state index in [9.17, 15) is 4.79 Å². The number of carbonyl (C=O) groups is 1. The average Bonchev–Trinajstić information content (AvgIpc) is 2.88. The van der Waals surface area contributed by atoms with Gasteiger partial charge in [0.15, 0.2) is 5.82 Å². The van der Waals surface area contributed by atoms with Crippen LogP contribution in [0.2, 0.25) is 0 Å². The molecule has 0 radical (unpaired) electrons. The number of nitrogens with zero attached hydrogens (tertiary/aromatic N) is 4. The van der Waals surface area contributed by atoms with Crippen molar-refractivity contribution in [3.05, 3.63) is 24.2 Å². The normalized spacial score (nSPS) is 11.1. The van der Waals surface area contributed by atoms with Crippen molar-refractivity contribution in [2.24, 2.45) is 0 Å². The molecule has 6 nitrogen and oxygen atoms in total. The number of hydrogen-bond donors (Lipinski definition) is 0. The summed E-state index contributed by atoms with van der Waals surface area (Å²) in [6, 6.07) is 2.02. The van der Waals surface area contributed by atoms with Gasteiger partial charge in [-0.1, -0.05) is 13.8 Å². The molecule has 20 heavy (non-hydrogen) atoms. The van der Waals surface area contributed by atoms with E-state index >= 15 is 0 Å². The quantitative estimate of drug-likeness (QED) is 0.780. The Labute approximate surface area is 118 Å². The van der Waals surface area contributed by atoms with Crippen molar-refractivity contribution in [1.29, 1.82) is 0 Å². The van der Waals surface area contributed by atoms with Gasteiger partial charge in [-0.3, -0.25) is 4.79 Å². The predicted molar refractivity (Wildman–Crippen MR) is 77.0 cm³/mol. The molecule has 0 aliphatic carbocycles. The number of fused-ring (bicyclic) bond motifs is 1. The van der Waals surface area contributed by atoms with Crippen LogP contribution in [-0.4, -0.2) is 40.8 Å². The number of likely N-dealkylation sites (N-methyl/N-ethyl adjacent to an activating group) is 1. The molecule has 0 bridgehead atoms. The van der Waals surface area contributed by atoms with Gasteiger partial charge < -0.3 is 9.64 Å². The Balaban J connectivity index is 2.43.